The minimum atomic E-state index is -0.674. The van der Waals surface area contributed by atoms with Crippen molar-refractivity contribution in [3.8, 4) is 0 Å². The average molecular weight is 287 g/mol. The van der Waals surface area contributed by atoms with Crippen molar-refractivity contribution in [3.63, 3.8) is 0 Å². The summed E-state index contributed by atoms with van der Waals surface area (Å²) in [4.78, 5) is 25.0. The van der Waals surface area contributed by atoms with Gasteiger partial charge in [-0.15, -0.1) is 0 Å². The second-order valence-electron chi connectivity index (χ2n) is 5.52. The lowest BCUT2D eigenvalue weighted by molar-refractivity contribution is -0.145. The number of amides is 2. The molecule has 112 valence electrons. The van der Waals surface area contributed by atoms with E-state index in [4.69, 9.17) is 0 Å². The quantitative estimate of drug-likeness (QED) is 0.524. The first-order chi connectivity index (χ1) is 10.1. The van der Waals surface area contributed by atoms with Gasteiger partial charge in [0.2, 0.25) is 0 Å². The molecule has 0 atom stereocenters. The summed E-state index contributed by atoms with van der Waals surface area (Å²) in [5, 5.41) is 3.84. The highest BCUT2D eigenvalue weighted by Gasteiger charge is 2.23. The Morgan fingerprint density at radius 3 is 2.38 bits per heavy atom. The van der Waals surface area contributed by atoms with Crippen LogP contribution in [0.25, 0.3) is 0 Å². The zero-order chi connectivity index (χ0) is 15.2. The van der Waals surface area contributed by atoms with Crippen molar-refractivity contribution in [2.45, 2.75) is 32.6 Å². The lowest BCUT2D eigenvalue weighted by Gasteiger charge is -2.12. The smallest absolute Gasteiger partial charge is 0.329 e. The van der Waals surface area contributed by atoms with Crippen molar-refractivity contribution in [2.24, 2.45) is 5.10 Å². The summed E-state index contributed by atoms with van der Waals surface area (Å²) in [5.41, 5.74) is 4.42. The summed E-state index contributed by atoms with van der Waals surface area (Å²) < 4.78 is 0. The number of nitrogens with one attached hydrogen (secondary N) is 1. The summed E-state index contributed by atoms with van der Waals surface area (Å²) in [6.07, 6.45) is 3.47. The van der Waals surface area contributed by atoms with Crippen molar-refractivity contribution in [1.29, 1.82) is 0 Å². The maximum absolute atomic E-state index is 11.7. The number of carbonyl (C=O) groups is 2. The van der Waals surface area contributed by atoms with Crippen molar-refractivity contribution in [2.75, 3.05) is 13.1 Å². The van der Waals surface area contributed by atoms with E-state index in [0.717, 1.165) is 18.4 Å². The fourth-order valence-corrected chi connectivity index (χ4v) is 2.24. The van der Waals surface area contributed by atoms with Crippen LogP contribution >= 0.6 is 0 Å². The van der Waals surface area contributed by atoms with E-state index in [0.29, 0.717) is 19.0 Å². The van der Waals surface area contributed by atoms with Gasteiger partial charge in [-0.3, -0.25) is 9.59 Å². The number of likely N-dealkylation sites (tertiary alicyclic amines) is 1. The van der Waals surface area contributed by atoms with Gasteiger partial charge in [-0.2, -0.15) is 5.10 Å². The summed E-state index contributed by atoms with van der Waals surface area (Å²) in [5.74, 6) is -0.694. The lowest BCUT2D eigenvalue weighted by atomic mass is 10.0. The third-order valence-corrected chi connectivity index (χ3v) is 3.57. The third kappa shape index (κ3) is 4.15. The first-order valence-corrected chi connectivity index (χ1v) is 7.30. The van der Waals surface area contributed by atoms with Crippen LogP contribution in [-0.2, 0) is 9.59 Å². The van der Waals surface area contributed by atoms with Gasteiger partial charge in [0.05, 0.1) is 6.21 Å². The molecular weight excluding hydrogens is 266 g/mol. The first kappa shape index (κ1) is 15.2. The molecule has 1 saturated heterocycles. The fraction of sp³-hybridized carbons (Fsp3) is 0.438. The van der Waals surface area contributed by atoms with Crippen molar-refractivity contribution in [1.82, 2.24) is 10.3 Å². The average Bonchev–Trinajstić information content (AvgIpc) is 3.01. The Kier molecular flexibility index (Phi) is 5.09. The van der Waals surface area contributed by atoms with Gasteiger partial charge in [0.1, 0.15) is 0 Å². The molecule has 5 heteroatoms. The molecule has 5 nitrogen and oxygen atoms in total. The van der Waals surface area contributed by atoms with Gasteiger partial charge >= 0.3 is 11.8 Å². The summed E-state index contributed by atoms with van der Waals surface area (Å²) in [7, 11) is 0. The van der Waals surface area contributed by atoms with Crippen LogP contribution in [0, 0.1) is 0 Å². The molecule has 1 aliphatic rings. The van der Waals surface area contributed by atoms with E-state index < -0.39 is 11.8 Å². The van der Waals surface area contributed by atoms with Gasteiger partial charge in [0.25, 0.3) is 0 Å². The monoisotopic (exact) mass is 287 g/mol. The highest BCUT2D eigenvalue weighted by atomic mass is 16.2. The molecule has 1 aliphatic heterocycles. The lowest BCUT2D eigenvalue weighted by Crippen LogP contribution is -2.39. The molecule has 0 spiro atoms. The molecule has 2 amide bonds. The number of benzene rings is 1. The van der Waals surface area contributed by atoms with Crippen molar-refractivity contribution < 1.29 is 9.59 Å². The number of carbonyl (C=O) groups excluding carboxylic acids is 2. The van der Waals surface area contributed by atoms with E-state index in [-0.39, 0.29) is 0 Å². The predicted octanol–water partition coefficient (Wildman–Crippen LogP) is 1.88. The minimum Gasteiger partial charge on any atom is -0.334 e. The van der Waals surface area contributed by atoms with E-state index in [9.17, 15) is 9.59 Å². The van der Waals surface area contributed by atoms with E-state index in [1.54, 1.807) is 11.1 Å². The normalized spacial score (nSPS) is 14.9. The van der Waals surface area contributed by atoms with Crippen molar-refractivity contribution in [3.05, 3.63) is 35.4 Å². The third-order valence-electron chi connectivity index (χ3n) is 3.57. The zero-order valence-electron chi connectivity index (χ0n) is 12.5. The maximum atomic E-state index is 11.7. The molecule has 2 rings (SSSR count). The highest BCUT2D eigenvalue weighted by molar-refractivity contribution is 6.35. The van der Waals surface area contributed by atoms with Gasteiger partial charge in [-0.1, -0.05) is 38.1 Å². The van der Waals surface area contributed by atoms with E-state index in [1.807, 2.05) is 24.3 Å². The molecule has 0 saturated carbocycles. The summed E-state index contributed by atoms with van der Waals surface area (Å²) in [6, 6.07) is 7.94. The Bertz CT molecular complexity index is 529. The molecule has 1 fully saturated rings. The number of hydrogen-bond acceptors (Lipinski definition) is 3. The van der Waals surface area contributed by atoms with Gasteiger partial charge in [-0.05, 0) is 29.9 Å². The van der Waals surface area contributed by atoms with Crippen LogP contribution in [-0.4, -0.2) is 36.0 Å². The van der Waals surface area contributed by atoms with Crippen LogP contribution in [0.5, 0.6) is 0 Å². The Morgan fingerprint density at radius 1 is 1.19 bits per heavy atom. The van der Waals surface area contributed by atoms with E-state index >= 15 is 0 Å². The van der Waals surface area contributed by atoms with E-state index in [1.165, 1.54) is 5.56 Å². The Labute approximate surface area is 125 Å². The molecular formula is C16H21N3O2. The van der Waals surface area contributed by atoms with E-state index in [2.05, 4.69) is 24.4 Å². The highest BCUT2D eigenvalue weighted by Crippen LogP contribution is 2.13. The maximum Gasteiger partial charge on any atom is 0.329 e. The minimum absolute atomic E-state index is 0.480. The Morgan fingerprint density at radius 2 is 1.81 bits per heavy atom. The standard InChI is InChI=1S/C16H21N3O2/c1-12(2)14-7-5-13(6-8-14)11-17-18-15(20)16(21)19-9-3-4-10-19/h5-8,11-12H,3-4,9-10H2,1-2H3,(H,18,20)/b17-11-. The molecule has 21 heavy (non-hydrogen) atoms. The molecule has 0 aliphatic carbocycles. The molecule has 1 aromatic carbocycles. The van der Waals surface area contributed by atoms with Crippen LogP contribution in [0.15, 0.2) is 29.4 Å². The predicted molar refractivity (Wildman–Crippen MR) is 82.1 cm³/mol. The summed E-state index contributed by atoms with van der Waals surface area (Å²) in [6.45, 7) is 5.58. The van der Waals surface area contributed by atoms with Gasteiger partial charge in [-0.25, -0.2) is 5.43 Å². The van der Waals surface area contributed by atoms with Crippen LogP contribution in [0.1, 0.15) is 43.7 Å². The second kappa shape index (κ2) is 7.02. The molecule has 1 aromatic rings. The van der Waals surface area contributed by atoms with Gasteiger partial charge in [0.15, 0.2) is 0 Å². The second-order valence-corrected chi connectivity index (χ2v) is 5.52. The van der Waals surface area contributed by atoms with Crippen LogP contribution < -0.4 is 5.43 Å². The van der Waals surface area contributed by atoms with Crippen LogP contribution in [0.2, 0.25) is 0 Å². The Hall–Kier alpha value is -2.17. The molecule has 0 radical (unpaired) electrons. The largest absolute Gasteiger partial charge is 0.334 e. The SMILES string of the molecule is CC(C)c1ccc(/C=N\NC(=O)C(=O)N2CCCC2)cc1. The number of hydrogen-bond donors (Lipinski definition) is 1. The van der Waals surface area contributed by atoms with Crippen LogP contribution in [0.4, 0.5) is 0 Å². The number of rotatable bonds is 3. The molecule has 1 N–H and O–H groups in total. The molecule has 0 aromatic heterocycles. The van der Waals surface area contributed by atoms with Gasteiger partial charge < -0.3 is 4.90 Å². The molecule has 1 heterocycles. The van der Waals surface area contributed by atoms with Crippen LogP contribution in [0.3, 0.4) is 0 Å². The Balaban J connectivity index is 1.86. The van der Waals surface area contributed by atoms with Gasteiger partial charge in [0, 0.05) is 13.1 Å². The molecule has 0 bridgehead atoms. The fourth-order valence-electron chi connectivity index (χ4n) is 2.24. The van der Waals surface area contributed by atoms with Crippen molar-refractivity contribution >= 4 is 18.0 Å². The number of nitrogens with zero attached hydrogens (tertiary/aromatic N) is 2. The zero-order valence-corrected chi connectivity index (χ0v) is 12.5. The topological polar surface area (TPSA) is 61.8 Å². The summed E-state index contributed by atoms with van der Waals surface area (Å²) >= 11 is 0. The number of hydrazone groups is 1. The molecule has 0 unspecified atom stereocenters. The first-order valence-electron chi connectivity index (χ1n) is 7.30.